The molecule has 1 heterocycles. The van der Waals surface area contributed by atoms with E-state index in [1.807, 2.05) is 24.3 Å². The third-order valence-electron chi connectivity index (χ3n) is 3.74. The molecule has 0 unspecified atom stereocenters. The van der Waals surface area contributed by atoms with Gasteiger partial charge in [0.05, 0.1) is 6.42 Å². The van der Waals surface area contributed by atoms with E-state index >= 15 is 0 Å². The first-order chi connectivity index (χ1) is 10.1. The van der Waals surface area contributed by atoms with Crippen molar-refractivity contribution in [3.63, 3.8) is 0 Å². The molecule has 1 saturated heterocycles. The highest BCUT2D eigenvalue weighted by Crippen LogP contribution is 2.28. The number of carbonyl (C=O) groups is 2. The first-order valence-corrected chi connectivity index (χ1v) is 7.44. The van der Waals surface area contributed by atoms with E-state index in [1.54, 1.807) is 4.90 Å². The minimum Gasteiger partial charge on any atom is -0.481 e. The van der Waals surface area contributed by atoms with Crippen molar-refractivity contribution in [3.05, 3.63) is 34.9 Å². The van der Waals surface area contributed by atoms with Gasteiger partial charge < -0.3 is 15.3 Å². The van der Waals surface area contributed by atoms with Gasteiger partial charge in [-0.25, -0.2) is 4.79 Å². The second-order valence-corrected chi connectivity index (χ2v) is 5.62. The number of carboxylic acid groups (broad SMARTS) is 1. The molecule has 0 spiro atoms. The summed E-state index contributed by atoms with van der Waals surface area (Å²) in [5, 5.41) is 11.9. The molecular weight excluding hydrogens is 292 g/mol. The monoisotopic (exact) mass is 310 g/mol. The van der Waals surface area contributed by atoms with E-state index in [9.17, 15) is 9.59 Å². The van der Waals surface area contributed by atoms with E-state index in [0.717, 1.165) is 17.9 Å². The zero-order chi connectivity index (χ0) is 15.2. The number of hydrogen-bond donors (Lipinski definition) is 2. The molecule has 114 valence electrons. The summed E-state index contributed by atoms with van der Waals surface area (Å²) >= 11 is 5.88. The zero-order valence-corrected chi connectivity index (χ0v) is 12.5. The number of likely N-dealkylation sites (tertiary alicyclic amines) is 1. The minimum absolute atomic E-state index is 0.0486. The Balaban J connectivity index is 1.78. The molecule has 0 aromatic heterocycles. The van der Waals surface area contributed by atoms with Gasteiger partial charge in [-0.3, -0.25) is 4.79 Å². The molecule has 0 bridgehead atoms. The zero-order valence-electron chi connectivity index (χ0n) is 11.7. The summed E-state index contributed by atoms with van der Waals surface area (Å²) in [6.45, 7) is 1.55. The highest BCUT2D eigenvalue weighted by molar-refractivity contribution is 6.30. The first-order valence-electron chi connectivity index (χ1n) is 7.06. The van der Waals surface area contributed by atoms with Crippen LogP contribution in [0.3, 0.4) is 0 Å². The SMILES string of the molecule is O=C(O)CCNC(=O)N1CCC(c2ccc(Cl)cc2)CC1. The van der Waals surface area contributed by atoms with Crippen molar-refractivity contribution in [2.24, 2.45) is 0 Å². The molecule has 1 fully saturated rings. The van der Waals surface area contributed by atoms with Gasteiger partial charge in [0.1, 0.15) is 0 Å². The van der Waals surface area contributed by atoms with Crippen molar-refractivity contribution in [1.29, 1.82) is 0 Å². The van der Waals surface area contributed by atoms with Gasteiger partial charge in [-0.05, 0) is 36.5 Å². The van der Waals surface area contributed by atoms with Crippen molar-refractivity contribution < 1.29 is 14.7 Å². The number of nitrogens with one attached hydrogen (secondary N) is 1. The molecule has 1 aliphatic heterocycles. The fourth-order valence-corrected chi connectivity index (χ4v) is 2.67. The van der Waals surface area contributed by atoms with E-state index in [1.165, 1.54) is 5.56 Å². The summed E-state index contributed by atoms with van der Waals surface area (Å²) in [4.78, 5) is 24.0. The van der Waals surface area contributed by atoms with Crippen molar-refractivity contribution in [3.8, 4) is 0 Å². The Kier molecular flexibility index (Phi) is 5.44. The summed E-state index contributed by atoms with van der Waals surface area (Å²) in [7, 11) is 0. The van der Waals surface area contributed by atoms with Crippen molar-refractivity contribution in [1.82, 2.24) is 10.2 Å². The van der Waals surface area contributed by atoms with Crippen LogP contribution in [0.25, 0.3) is 0 Å². The molecule has 1 aliphatic rings. The molecule has 21 heavy (non-hydrogen) atoms. The van der Waals surface area contributed by atoms with Gasteiger partial charge in [0.15, 0.2) is 0 Å². The Morgan fingerprint density at radius 3 is 2.43 bits per heavy atom. The normalized spacial score (nSPS) is 15.8. The summed E-state index contributed by atoms with van der Waals surface area (Å²) in [6.07, 6.45) is 1.77. The first kappa shape index (κ1) is 15.6. The maximum Gasteiger partial charge on any atom is 0.317 e. The van der Waals surface area contributed by atoms with Crippen LogP contribution >= 0.6 is 11.6 Å². The standard InChI is InChI=1S/C15H19ClN2O3/c16-13-3-1-11(2-4-13)12-6-9-18(10-7-12)15(21)17-8-5-14(19)20/h1-4,12H,5-10H2,(H,17,21)(H,19,20). The molecule has 0 aliphatic carbocycles. The maximum absolute atomic E-state index is 11.9. The molecule has 6 heteroatoms. The van der Waals surface area contributed by atoms with Gasteiger partial charge in [0.25, 0.3) is 0 Å². The van der Waals surface area contributed by atoms with Crippen LogP contribution in [0.2, 0.25) is 5.02 Å². The second kappa shape index (κ2) is 7.31. The molecule has 0 saturated carbocycles. The molecule has 2 amide bonds. The van der Waals surface area contributed by atoms with Crippen LogP contribution in [-0.4, -0.2) is 41.6 Å². The van der Waals surface area contributed by atoms with Crippen molar-refractivity contribution in [2.45, 2.75) is 25.2 Å². The number of urea groups is 1. The van der Waals surface area contributed by atoms with Gasteiger partial charge in [-0.1, -0.05) is 23.7 Å². The topological polar surface area (TPSA) is 69.6 Å². The number of carbonyl (C=O) groups excluding carboxylic acids is 1. The summed E-state index contributed by atoms with van der Waals surface area (Å²) in [5.41, 5.74) is 1.25. The quantitative estimate of drug-likeness (QED) is 0.898. The number of nitrogens with zero attached hydrogens (tertiary/aromatic N) is 1. The van der Waals surface area contributed by atoms with Gasteiger partial charge >= 0.3 is 12.0 Å². The highest BCUT2D eigenvalue weighted by Gasteiger charge is 2.23. The molecule has 0 atom stereocenters. The van der Waals surface area contributed by atoms with Crippen LogP contribution in [0.15, 0.2) is 24.3 Å². The number of hydrogen-bond acceptors (Lipinski definition) is 2. The highest BCUT2D eigenvalue weighted by atomic mass is 35.5. The molecule has 2 rings (SSSR count). The average molecular weight is 311 g/mol. The molecule has 0 radical (unpaired) electrons. The van der Waals surface area contributed by atoms with Crippen LogP contribution in [0.4, 0.5) is 4.79 Å². The lowest BCUT2D eigenvalue weighted by molar-refractivity contribution is -0.136. The van der Waals surface area contributed by atoms with E-state index in [-0.39, 0.29) is 19.0 Å². The number of rotatable bonds is 4. The van der Waals surface area contributed by atoms with Crippen LogP contribution in [0, 0.1) is 0 Å². The van der Waals surface area contributed by atoms with Crippen LogP contribution in [0.1, 0.15) is 30.7 Å². The van der Waals surface area contributed by atoms with Gasteiger partial charge in [0.2, 0.25) is 0 Å². The number of carboxylic acids is 1. The summed E-state index contributed by atoms with van der Waals surface area (Å²) < 4.78 is 0. The van der Waals surface area contributed by atoms with Crippen LogP contribution in [-0.2, 0) is 4.79 Å². The average Bonchev–Trinajstić information content (AvgIpc) is 2.48. The Morgan fingerprint density at radius 2 is 1.86 bits per heavy atom. The van der Waals surface area contributed by atoms with Crippen LogP contribution < -0.4 is 5.32 Å². The fraction of sp³-hybridized carbons (Fsp3) is 0.467. The number of halogens is 1. The Labute approximate surface area is 128 Å². The van der Waals surface area contributed by atoms with Gasteiger partial charge in [-0.15, -0.1) is 0 Å². The molecule has 2 N–H and O–H groups in total. The van der Waals surface area contributed by atoms with Crippen LogP contribution in [0.5, 0.6) is 0 Å². The van der Waals surface area contributed by atoms with Gasteiger partial charge in [-0.2, -0.15) is 0 Å². The van der Waals surface area contributed by atoms with Crippen molar-refractivity contribution >= 4 is 23.6 Å². The smallest absolute Gasteiger partial charge is 0.317 e. The summed E-state index contributed by atoms with van der Waals surface area (Å²) in [6, 6.07) is 7.68. The fourth-order valence-electron chi connectivity index (χ4n) is 2.54. The minimum atomic E-state index is -0.906. The lowest BCUT2D eigenvalue weighted by Gasteiger charge is -2.32. The predicted molar refractivity (Wildman–Crippen MR) is 80.7 cm³/mol. The lowest BCUT2D eigenvalue weighted by atomic mass is 9.90. The molecular formula is C15H19ClN2O3. The molecule has 1 aromatic carbocycles. The summed E-state index contributed by atoms with van der Waals surface area (Å²) in [5.74, 6) is -0.456. The lowest BCUT2D eigenvalue weighted by Crippen LogP contribution is -2.44. The maximum atomic E-state index is 11.9. The number of piperidine rings is 1. The number of amides is 2. The third kappa shape index (κ3) is 4.63. The van der Waals surface area contributed by atoms with E-state index in [0.29, 0.717) is 19.0 Å². The molecule has 1 aromatic rings. The Bertz CT molecular complexity index is 496. The van der Waals surface area contributed by atoms with Crippen molar-refractivity contribution in [2.75, 3.05) is 19.6 Å². The predicted octanol–water partition coefficient (Wildman–Crippen LogP) is 2.70. The second-order valence-electron chi connectivity index (χ2n) is 5.19. The van der Waals surface area contributed by atoms with E-state index < -0.39 is 5.97 Å². The van der Waals surface area contributed by atoms with E-state index in [2.05, 4.69) is 5.32 Å². The van der Waals surface area contributed by atoms with Gasteiger partial charge in [0, 0.05) is 24.7 Å². The Hall–Kier alpha value is -1.75. The Morgan fingerprint density at radius 1 is 1.24 bits per heavy atom. The van der Waals surface area contributed by atoms with E-state index in [4.69, 9.17) is 16.7 Å². The largest absolute Gasteiger partial charge is 0.481 e. The number of aliphatic carboxylic acids is 1. The third-order valence-corrected chi connectivity index (χ3v) is 3.99. The molecule has 5 nitrogen and oxygen atoms in total. The number of benzene rings is 1.